The molecule has 0 bridgehead atoms. The third-order valence-corrected chi connectivity index (χ3v) is 5.62. The molecule has 2 rings (SSSR count). The maximum atomic E-state index is 12.6. The Morgan fingerprint density at radius 1 is 1.04 bits per heavy atom. The van der Waals surface area contributed by atoms with Crippen LogP contribution >= 0.6 is 0 Å². The summed E-state index contributed by atoms with van der Waals surface area (Å²) < 4.78 is 5.32. The molecule has 0 aromatic carbocycles. The van der Waals surface area contributed by atoms with Crippen molar-refractivity contribution in [3.63, 3.8) is 0 Å². The highest BCUT2D eigenvalue weighted by Gasteiger charge is 2.30. The van der Waals surface area contributed by atoms with Gasteiger partial charge in [0, 0.05) is 25.2 Å². The number of carbonyl (C=O) groups is 2. The molecule has 1 heterocycles. The third-order valence-electron chi connectivity index (χ3n) is 5.62. The fraction of sp³-hybridized carbons (Fsp3) is 0.900. The average Bonchev–Trinajstić information content (AvgIpc) is 2.55. The molecular weight excluding hydrogens is 330 g/mol. The fourth-order valence-electron chi connectivity index (χ4n) is 3.91. The van der Waals surface area contributed by atoms with Crippen LogP contribution in [0.4, 0.5) is 4.79 Å². The van der Waals surface area contributed by atoms with Gasteiger partial charge in [-0.05, 0) is 59.3 Å². The molecule has 1 aliphatic heterocycles. The predicted octanol–water partition coefficient (Wildman–Crippen LogP) is 3.06. The zero-order valence-corrected chi connectivity index (χ0v) is 17.1. The van der Waals surface area contributed by atoms with E-state index in [0.29, 0.717) is 12.0 Å². The molecule has 3 unspecified atom stereocenters. The lowest BCUT2D eigenvalue weighted by atomic mass is 9.86. The van der Waals surface area contributed by atoms with Gasteiger partial charge in [0.2, 0.25) is 5.91 Å². The minimum Gasteiger partial charge on any atom is -0.444 e. The molecule has 6 nitrogen and oxygen atoms in total. The van der Waals surface area contributed by atoms with Crippen LogP contribution in [0, 0.1) is 5.92 Å². The summed E-state index contributed by atoms with van der Waals surface area (Å²) in [5.74, 6) is 0.714. The van der Waals surface area contributed by atoms with E-state index in [1.165, 1.54) is 19.3 Å². The molecule has 2 amide bonds. The van der Waals surface area contributed by atoms with Gasteiger partial charge in [0.15, 0.2) is 0 Å². The normalized spacial score (nSPS) is 26.8. The topological polar surface area (TPSA) is 70.7 Å². The molecule has 3 atom stereocenters. The second-order valence-electron chi connectivity index (χ2n) is 9.01. The Morgan fingerprint density at radius 2 is 1.65 bits per heavy atom. The van der Waals surface area contributed by atoms with Crippen molar-refractivity contribution in [2.75, 3.05) is 13.1 Å². The number of likely N-dealkylation sites (tertiary alicyclic amines) is 1. The Balaban J connectivity index is 1.74. The van der Waals surface area contributed by atoms with Crippen LogP contribution in [0.2, 0.25) is 0 Å². The second kappa shape index (κ2) is 9.07. The van der Waals surface area contributed by atoms with Crippen LogP contribution < -0.4 is 10.6 Å². The first-order valence-corrected chi connectivity index (χ1v) is 10.2. The first-order valence-electron chi connectivity index (χ1n) is 10.2. The van der Waals surface area contributed by atoms with Crippen LogP contribution in [0.1, 0.15) is 73.1 Å². The maximum Gasteiger partial charge on any atom is 0.407 e. The van der Waals surface area contributed by atoms with Gasteiger partial charge in [-0.25, -0.2) is 4.79 Å². The number of rotatable bonds is 4. The molecule has 26 heavy (non-hydrogen) atoms. The molecule has 2 N–H and O–H groups in total. The van der Waals surface area contributed by atoms with Gasteiger partial charge >= 0.3 is 6.09 Å². The van der Waals surface area contributed by atoms with E-state index in [1.54, 1.807) is 0 Å². The van der Waals surface area contributed by atoms with Gasteiger partial charge in [-0.2, -0.15) is 0 Å². The quantitative estimate of drug-likeness (QED) is 0.801. The van der Waals surface area contributed by atoms with E-state index in [0.717, 1.165) is 32.4 Å². The van der Waals surface area contributed by atoms with E-state index in [9.17, 15) is 9.59 Å². The van der Waals surface area contributed by atoms with Crippen molar-refractivity contribution in [2.45, 2.75) is 96.9 Å². The van der Waals surface area contributed by atoms with Crippen LogP contribution in [0.15, 0.2) is 0 Å². The lowest BCUT2D eigenvalue weighted by Crippen LogP contribution is -2.54. The number of nitrogens with zero attached hydrogens (tertiary/aromatic N) is 1. The Morgan fingerprint density at radius 3 is 2.23 bits per heavy atom. The van der Waals surface area contributed by atoms with Crippen molar-refractivity contribution in [3.05, 3.63) is 0 Å². The molecule has 1 saturated heterocycles. The van der Waals surface area contributed by atoms with Crippen LogP contribution in [0.5, 0.6) is 0 Å². The highest BCUT2D eigenvalue weighted by molar-refractivity contribution is 5.81. The van der Waals surface area contributed by atoms with Crippen molar-refractivity contribution in [1.29, 1.82) is 0 Å². The zero-order chi connectivity index (χ0) is 19.3. The molecule has 2 aliphatic rings. The Kier molecular flexibility index (Phi) is 7.33. The van der Waals surface area contributed by atoms with Crippen LogP contribution in [-0.4, -0.2) is 53.7 Å². The summed E-state index contributed by atoms with van der Waals surface area (Å²) in [4.78, 5) is 26.7. The van der Waals surface area contributed by atoms with Gasteiger partial charge in [0.25, 0.3) is 0 Å². The van der Waals surface area contributed by atoms with Gasteiger partial charge < -0.3 is 15.4 Å². The molecule has 0 spiro atoms. The largest absolute Gasteiger partial charge is 0.444 e. The molecule has 0 aromatic rings. The number of hydrogen-bond donors (Lipinski definition) is 2. The summed E-state index contributed by atoms with van der Waals surface area (Å²) >= 11 is 0. The summed E-state index contributed by atoms with van der Waals surface area (Å²) in [7, 11) is 0. The van der Waals surface area contributed by atoms with Crippen molar-refractivity contribution in [3.8, 4) is 0 Å². The van der Waals surface area contributed by atoms with Gasteiger partial charge in [0.1, 0.15) is 5.60 Å². The molecule has 1 saturated carbocycles. The number of hydrogen-bond acceptors (Lipinski definition) is 4. The number of amides is 2. The Bertz CT molecular complexity index is 481. The second-order valence-corrected chi connectivity index (χ2v) is 9.01. The number of carbonyl (C=O) groups excluding carboxylic acids is 2. The summed E-state index contributed by atoms with van der Waals surface area (Å²) in [6.07, 6.45) is 6.14. The smallest absolute Gasteiger partial charge is 0.407 e. The van der Waals surface area contributed by atoms with Gasteiger partial charge in [-0.3, -0.25) is 9.69 Å². The van der Waals surface area contributed by atoms with Crippen molar-refractivity contribution < 1.29 is 14.3 Å². The molecule has 150 valence electrons. The highest BCUT2D eigenvalue weighted by atomic mass is 16.6. The van der Waals surface area contributed by atoms with Gasteiger partial charge in [-0.1, -0.05) is 19.8 Å². The number of ether oxygens (including phenoxy) is 1. The van der Waals surface area contributed by atoms with E-state index in [2.05, 4.69) is 22.5 Å². The van der Waals surface area contributed by atoms with Crippen LogP contribution in [-0.2, 0) is 9.53 Å². The molecule has 0 aromatic heterocycles. The molecule has 0 radical (unpaired) electrons. The van der Waals surface area contributed by atoms with Crippen molar-refractivity contribution in [1.82, 2.24) is 15.5 Å². The van der Waals surface area contributed by atoms with E-state index < -0.39 is 5.60 Å². The summed E-state index contributed by atoms with van der Waals surface area (Å²) in [5.41, 5.74) is -0.479. The SMILES string of the molecule is CC1CCCCC1NC(=O)C(C)N1CCC(NC(=O)OC(C)(C)C)CC1. The lowest BCUT2D eigenvalue weighted by molar-refractivity contribution is -0.127. The number of piperidine rings is 1. The molecule has 6 heteroatoms. The van der Waals surface area contributed by atoms with E-state index in [4.69, 9.17) is 4.74 Å². The van der Waals surface area contributed by atoms with Crippen molar-refractivity contribution >= 4 is 12.0 Å². The summed E-state index contributed by atoms with van der Waals surface area (Å²) in [6.45, 7) is 11.4. The first kappa shape index (κ1) is 21.0. The minimum absolute atomic E-state index is 0.119. The minimum atomic E-state index is -0.479. The number of nitrogens with one attached hydrogen (secondary N) is 2. The summed E-state index contributed by atoms with van der Waals surface area (Å²) in [5, 5.41) is 6.21. The van der Waals surface area contributed by atoms with E-state index >= 15 is 0 Å². The lowest BCUT2D eigenvalue weighted by Gasteiger charge is -2.37. The van der Waals surface area contributed by atoms with Crippen LogP contribution in [0.3, 0.4) is 0 Å². The third kappa shape index (κ3) is 6.45. The van der Waals surface area contributed by atoms with E-state index in [-0.39, 0.29) is 24.1 Å². The monoisotopic (exact) mass is 367 g/mol. The van der Waals surface area contributed by atoms with Gasteiger partial charge in [-0.15, -0.1) is 0 Å². The highest BCUT2D eigenvalue weighted by Crippen LogP contribution is 2.24. The Hall–Kier alpha value is -1.30. The standard InChI is InChI=1S/C20H37N3O3/c1-14-8-6-7-9-17(14)22-18(24)15(2)23-12-10-16(11-13-23)21-19(25)26-20(3,4)5/h14-17H,6-13H2,1-5H3,(H,21,25)(H,22,24). The first-order chi connectivity index (χ1) is 12.2. The average molecular weight is 368 g/mol. The molecule has 1 aliphatic carbocycles. The Labute approximate surface area is 158 Å². The molecule has 2 fully saturated rings. The predicted molar refractivity (Wildman–Crippen MR) is 103 cm³/mol. The van der Waals surface area contributed by atoms with E-state index in [1.807, 2.05) is 27.7 Å². The fourth-order valence-corrected chi connectivity index (χ4v) is 3.91. The molecular formula is C20H37N3O3. The zero-order valence-electron chi connectivity index (χ0n) is 17.1. The van der Waals surface area contributed by atoms with Crippen molar-refractivity contribution in [2.24, 2.45) is 5.92 Å². The number of alkyl carbamates (subject to hydrolysis) is 1. The maximum absolute atomic E-state index is 12.6. The van der Waals surface area contributed by atoms with Crippen LogP contribution in [0.25, 0.3) is 0 Å². The van der Waals surface area contributed by atoms with Gasteiger partial charge in [0.05, 0.1) is 6.04 Å². The summed E-state index contributed by atoms with van der Waals surface area (Å²) in [6, 6.07) is 0.325.